The van der Waals surface area contributed by atoms with Crippen LogP contribution in [-0.2, 0) is 0 Å². The van der Waals surface area contributed by atoms with Crippen LogP contribution in [-0.4, -0.2) is 21.1 Å². The van der Waals surface area contributed by atoms with Gasteiger partial charge in [0.2, 0.25) is 4.77 Å². The van der Waals surface area contributed by atoms with E-state index in [-0.39, 0.29) is 5.92 Å². The summed E-state index contributed by atoms with van der Waals surface area (Å²) in [5.41, 5.74) is 1.03. The van der Waals surface area contributed by atoms with Gasteiger partial charge in [0, 0.05) is 5.92 Å². The molecule has 0 saturated carbocycles. The van der Waals surface area contributed by atoms with E-state index in [0.29, 0.717) is 4.77 Å². The Labute approximate surface area is 105 Å². The van der Waals surface area contributed by atoms with Gasteiger partial charge in [-0.3, -0.25) is 5.10 Å². The Morgan fingerprint density at radius 2 is 2.06 bits per heavy atom. The van der Waals surface area contributed by atoms with Gasteiger partial charge in [0.05, 0.1) is 6.21 Å². The van der Waals surface area contributed by atoms with Crippen LogP contribution in [0.1, 0.15) is 31.2 Å². The van der Waals surface area contributed by atoms with Gasteiger partial charge < -0.3 is 0 Å². The highest BCUT2D eigenvalue weighted by Gasteiger charge is 2.08. The number of nitrogens with one attached hydrogen (secondary N) is 1. The van der Waals surface area contributed by atoms with Crippen molar-refractivity contribution in [3.05, 3.63) is 46.5 Å². The Morgan fingerprint density at radius 3 is 2.71 bits per heavy atom. The van der Waals surface area contributed by atoms with Crippen molar-refractivity contribution in [3.63, 3.8) is 0 Å². The zero-order valence-electron chi connectivity index (χ0n) is 9.79. The fourth-order valence-corrected chi connectivity index (χ4v) is 1.64. The second-order valence-corrected chi connectivity index (χ2v) is 4.40. The monoisotopic (exact) mass is 246 g/mol. The zero-order valence-corrected chi connectivity index (χ0v) is 10.6. The summed E-state index contributed by atoms with van der Waals surface area (Å²) in [6, 6.07) is 9.89. The fraction of sp³-hybridized carbons (Fsp3) is 0.250. The molecule has 0 saturated heterocycles. The van der Waals surface area contributed by atoms with Crippen molar-refractivity contribution in [2.45, 2.75) is 19.8 Å². The molecule has 2 aromatic rings. The van der Waals surface area contributed by atoms with Crippen LogP contribution in [0.2, 0.25) is 0 Å². The molecule has 0 unspecified atom stereocenters. The predicted molar refractivity (Wildman–Crippen MR) is 70.9 cm³/mol. The summed E-state index contributed by atoms with van der Waals surface area (Å²) in [6.07, 6.45) is 1.78. The van der Waals surface area contributed by atoms with Gasteiger partial charge in [-0.1, -0.05) is 44.2 Å². The number of aromatic nitrogens is 3. The normalized spacial score (nSPS) is 11.5. The maximum absolute atomic E-state index is 5.14. The van der Waals surface area contributed by atoms with Crippen LogP contribution in [0.25, 0.3) is 0 Å². The van der Waals surface area contributed by atoms with Gasteiger partial charge in [-0.05, 0) is 17.8 Å². The van der Waals surface area contributed by atoms with Crippen molar-refractivity contribution in [2.75, 3.05) is 0 Å². The highest BCUT2D eigenvalue weighted by molar-refractivity contribution is 7.71. The maximum atomic E-state index is 5.14. The average molecular weight is 246 g/mol. The van der Waals surface area contributed by atoms with Crippen LogP contribution >= 0.6 is 12.2 Å². The SMILES string of the molecule is CC(C)c1n[nH]c(=S)n1/N=C\c1ccccc1. The molecular weight excluding hydrogens is 232 g/mol. The molecular formula is C12H14N4S. The van der Waals surface area contributed by atoms with E-state index in [9.17, 15) is 0 Å². The van der Waals surface area contributed by atoms with Gasteiger partial charge in [0.25, 0.3) is 0 Å². The van der Waals surface area contributed by atoms with E-state index in [1.807, 2.05) is 30.3 Å². The van der Waals surface area contributed by atoms with E-state index < -0.39 is 0 Å². The standard InChI is InChI=1S/C12H14N4S/c1-9(2)11-14-15-12(17)16(11)13-8-10-6-4-3-5-7-10/h3-9H,1-2H3,(H,15,17)/b13-8-. The topological polar surface area (TPSA) is 46.0 Å². The Bertz CT molecular complexity index is 566. The summed E-state index contributed by atoms with van der Waals surface area (Å²) >= 11 is 5.14. The minimum atomic E-state index is 0.274. The van der Waals surface area contributed by atoms with Crippen LogP contribution in [0, 0.1) is 4.77 Å². The number of aromatic amines is 1. The van der Waals surface area contributed by atoms with Crippen LogP contribution in [0.15, 0.2) is 35.4 Å². The molecule has 0 atom stereocenters. The van der Waals surface area contributed by atoms with Crippen molar-refractivity contribution in [1.82, 2.24) is 14.9 Å². The molecule has 0 bridgehead atoms. The fourth-order valence-electron chi connectivity index (χ4n) is 1.45. The molecule has 1 N–H and O–H groups in total. The Kier molecular flexibility index (Phi) is 3.49. The van der Waals surface area contributed by atoms with Crippen molar-refractivity contribution >= 4 is 18.4 Å². The molecule has 0 fully saturated rings. The lowest BCUT2D eigenvalue weighted by Gasteiger charge is -2.02. The van der Waals surface area contributed by atoms with Crippen LogP contribution in [0.5, 0.6) is 0 Å². The first-order valence-electron chi connectivity index (χ1n) is 5.45. The van der Waals surface area contributed by atoms with Gasteiger partial charge in [-0.25, -0.2) is 0 Å². The predicted octanol–water partition coefficient (Wildman–Crippen LogP) is 2.95. The molecule has 4 nitrogen and oxygen atoms in total. The minimum Gasteiger partial charge on any atom is -0.250 e. The Morgan fingerprint density at radius 1 is 1.35 bits per heavy atom. The summed E-state index contributed by atoms with van der Waals surface area (Å²) in [5, 5.41) is 11.3. The average Bonchev–Trinajstić information content (AvgIpc) is 2.69. The van der Waals surface area contributed by atoms with E-state index in [1.165, 1.54) is 0 Å². The number of benzene rings is 1. The molecule has 5 heteroatoms. The molecule has 88 valence electrons. The molecule has 17 heavy (non-hydrogen) atoms. The Balaban J connectivity index is 2.33. The molecule has 1 aromatic heterocycles. The highest BCUT2D eigenvalue weighted by atomic mass is 32.1. The molecule has 1 heterocycles. The third-order valence-electron chi connectivity index (χ3n) is 2.31. The lowest BCUT2D eigenvalue weighted by atomic mass is 10.2. The van der Waals surface area contributed by atoms with Gasteiger partial charge in [-0.15, -0.1) is 0 Å². The molecule has 2 rings (SSSR count). The van der Waals surface area contributed by atoms with E-state index in [1.54, 1.807) is 10.9 Å². The van der Waals surface area contributed by atoms with Crippen molar-refractivity contribution in [2.24, 2.45) is 5.10 Å². The van der Waals surface area contributed by atoms with Gasteiger partial charge in [0.15, 0.2) is 5.82 Å². The molecule has 0 amide bonds. The van der Waals surface area contributed by atoms with Crippen LogP contribution < -0.4 is 0 Å². The minimum absolute atomic E-state index is 0.274. The number of H-pyrrole nitrogens is 1. The van der Waals surface area contributed by atoms with E-state index in [4.69, 9.17) is 12.2 Å². The Hall–Kier alpha value is -1.75. The van der Waals surface area contributed by atoms with Crippen molar-refractivity contribution in [3.8, 4) is 0 Å². The van der Waals surface area contributed by atoms with E-state index in [0.717, 1.165) is 11.4 Å². The molecule has 0 aliphatic rings. The van der Waals surface area contributed by atoms with Crippen molar-refractivity contribution in [1.29, 1.82) is 0 Å². The lowest BCUT2D eigenvalue weighted by Crippen LogP contribution is -2.00. The first kappa shape index (κ1) is 11.7. The maximum Gasteiger partial charge on any atom is 0.216 e. The van der Waals surface area contributed by atoms with E-state index >= 15 is 0 Å². The molecule has 0 radical (unpaired) electrons. The number of nitrogens with zero attached hydrogens (tertiary/aromatic N) is 3. The van der Waals surface area contributed by atoms with E-state index in [2.05, 4.69) is 29.1 Å². The summed E-state index contributed by atoms with van der Waals surface area (Å²) < 4.78 is 2.17. The highest BCUT2D eigenvalue weighted by Crippen LogP contribution is 2.11. The summed E-state index contributed by atoms with van der Waals surface area (Å²) in [6.45, 7) is 4.11. The smallest absolute Gasteiger partial charge is 0.216 e. The number of hydrogen-bond donors (Lipinski definition) is 1. The van der Waals surface area contributed by atoms with Gasteiger partial charge >= 0.3 is 0 Å². The molecule has 0 spiro atoms. The molecule has 1 aromatic carbocycles. The van der Waals surface area contributed by atoms with Crippen LogP contribution in [0.3, 0.4) is 0 Å². The second-order valence-electron chi connectivity index (χ2n) is 4.01. The van der Waals surface area contributed by atoms with Crippen LogP contribution in [0.4, 0.5) is 0 Å². The molecule has 0 aliphatic carbocycles. The van der Waals surface area contributed by atoms with Gasteiger partial charge in [-0.2, -0.15) is 14.9 Å². The summed E-state index contributed by atoms with van der Waals surface area (Å²) in [4.78, 5) is 0. The lowest BCUT2D eigenvalue weighted by molar-refractivity contribution is 0.695. The first-order chi connectivity index (χ1) is 8.18. The first-order valence-corrected chi connectivity index (χ1v) is 5.86. The zero-order chi connectivity index (χ0) is 12.3. The quantitative estimate of drug-likeness (QED) is 0.668. The van der Waals surface area contributed by atoms with Crippen molar-refractivity contribution < 1.29 is 0 Å². The third-order valence-corrected chi connectivity index (χ3v) is 2.58. The number of hydrogen-bond acceptors (Lipinski definition) is 3. The number of rotatable bonds is 3. The summed E-state index contributed by atoms with van der Waals surface area (Å²) in [7, 11) is 0. The largest absolute Gasteiger partial charge is 0.250 e. The second kappa shape index (κ2) is 5.05. The third kappa shape index (κ3) is 2.68. The van der Waals surface area contributed by atoms with Gasteiger partial charge in [0.1, 0.15) is 0 Å². The summed E-state index contributed by atoms with van der Waals surface area (Å²) in [5.74, 6) is 1.11. The molecule has 0 aliphatic heterocycles.